The molecule has 1 saturated heterocycles. The quantitative estimate of drug-likeness (QED) is 0.706. The highest BCUT2D eigenvalue weighted by Gasteiger charge is 2.22. The van der Waals surface area contributed by atoms with Gasteiger partial charge in [0.1, 0.15) is 0 Å². The maximum atomic E-state index is 9.17. The average Bonchev–Trinajstić information content (AvgIpc) is 3.10. The molecule has 3 aromatic rings. The molecule has 1 atom stereocenters. The third-order valence-electron chi connectivity index (χ3n) is 5.62. The number of aromatic amines is 1. The van der Waals surface area contributed by atoms with Crippen LogP contribution in [0, 0.1) is 11.3 Å². The van der Waals surface area contributed by atoms with E-state index in [0.717, 1.165) is 24.0 Å². The van der Waals surface area contributed by atoms with E-state index >= 15 is 0 Å². The van der Waals surface area contributed by atoms with Gasteiger partial charge in [-0.25, -0.2) is 0 Å². The minimum atomic E-state index is 0.646. The molecule has 1 aliphatic heterocycles. The topological polar surface area (TPSA) is 42.8 Å². The second-order valence-electron chi connectivity index (χ2n) is 7.33. The molecular formula is C23H25N3. The van der Waals surface area contributed by atoms with Gasteiger partial charge in [0.15, 0.2) is 0 Å². The predicted molar refractivity (Wildman–Crippen MR) is 106 cm³/mol. The number of fused-ring (bicyclic) bond motifs is 1. The first-order valence-electron chi connectivity index (χ1n) is 9.61. The highest BCUT2D eigenvalue weighted by Crippen LogP contribution is 2.26. The van der Waals surface area contributed by atoms with Crippen LogP contribution in [0.5, 0.6) is 0 Å². The second kappa shape index (κ2) is 7.76. The molecule has 2 aromatic carbocycles. The van der Waals surface area contributed by atoms with Crippen molar-refractivity contribution in [3.63, 3.8) is 0 Å². The van der Waals surface area contributed by atoms with Crippen molar-refractivity contribution in [1.29, 1.82) is 5.26 Å². The molecule has 1 aliphatic rings. The summed E-state index contributed by atoms with van der Waals surface area (Å²) in [6, 6.07) is 19.6. The van der Waals surface area contributed by atoms with Crippen molar-refractivity contribution in [2.75, 3.05) is 6.54 Å². The number of nitrogens with one attached hydrogen (secondary N) is 1. The van der Waals surface area contributed by atoms with Gasteiger partial charge in [0, 0.05) is 29.7 Å². The molecular weight excluding hydrogens is 318 g/mol. The zero-order chi connectivity index (χ0) is 17.8. The van der Waals surface area contributed by atoms with Gasteiger partial charge >= 0.3 is 0 Å². The maximum absolute atomic E-state index is 9.17. The van der Waals surface area contributed by atoms with Crippen molar-refractivity contribution in [2.45, 2.75) is 44.7 Å². The van der Waals surface area contributed by atoms with Crippen molar-refractivity contribution in [3.8, 4) is 6.07 Å². The Hall–Kier alpha value is -2.57. The lowest BCUT2D eigenvalue weighted by molar-refractivity contribution is 0.132. The lowest BCUT2D eigenvalue weighted by Crippen LogP contribution is -2.39. The second-order valence-corrected chi connectivity index (χ2v) is 7.33. The Bertz CT molecular complexity index is 904. The van der Waals surface area contributed by atoms with Crippen LogP contribution in [-0.4, -0.2) is 22.5 Å². The highest BCUT2D eigenvalue weighted by molar-refractivity contribution is 5.84. The Labute approximate surface area is 155 Å². The first kappa shape index (κ1) is 16.9. The molecule has 0 amide bonds. The molecule has 4 rings (SSSR count). The normalized spacial score (nSPS) is 18.0. The highest BCUT2D eigenvalue weighted by atomic mass is 15.2. The number of likely N-dealkylation sites (tertiary alicyclic amines) is 1. The molecule has 0 aliphatic carbocycles. The number of H-pyrrole nitrogens is 1. The molecule has 1 unspecified atom stereocenters. The van der Waals surface area contributed by atoms with Gasteiger partial charge in [-0.1, -0.05) is 36.8 Å². The SMILES string of the molecule is N#Cc1ccc2[nH]cc(CCC3CCCCN3Cc3ccccc3)c2c1. The Morgan fingerprint density at radius 1 is 1.12 bits per heavy atom. The number of benzene rings is 2. The lowest BCUT2D eigenvalue weighted by Gasteiger charge is -2.36. The monoisotopic (exact) mass is 343 g/mol. The molecule has 1 aromatic heterocycles. The van der Waals surface area contributed by atoms with Gasteiger partial charge in [-0.05, 0) is 61.6 Å². The Morgan fingerprint density at radius 3 is 2.85 bits per heavy atom. The molecule has 0 radical (unpaired) electrons. The van der Waals surface area contributed by atoms with Crippen LogP contribution in [0.25, 0.3) is 10.9 Å². The van der Waals surface area contributed by atoms with E-state index in [-0.39, 0.29) is 0 Å². The summed E-state index contributed by atoms with van der Waals surface area (Å²) in [4.78, 5) is 6.02. The fraction of sp³-hybridized carbons (Fsp3) is 0.348. The van der Waals surface area contributed by atoms with Gasteiger partial charge in [-0.3, -0.25) is 4.90 Å². The zero-order valence-corrected chi connectivity index (χ0v) is 15.1. The molecule has 26 heavy (non-hydrogen) atoms. The molecule has 3 heteroatoms. The van der Waals surface area contributed by atoms with Crippen molar-refractivity contribution in [2.24, 2.45) is 0 Å². The van der Waals surface area contributed by atoms with Gasteiger partial charge in [0.25, 0.3) is 0 Å². The minimum Gasteiger partial charge on any atom is -0.361 e. The minimum absolute atomic E-state index is 0.646. The Balaban J connectivity index is 1.46. The van der Waals surface area contributed by atoms with E-state index in [0.29, 0.717) is 6.04 Å². The predicted octanol–water partition coefficient (Wildman–Crippen LogP) is 5.03. The molecule has 0 saturated carbocycles. The van der Waals surface area contributed by atoms with Crippen molar-refractivity contribution in [3.05, 3.63) is 71.4 Å². The van der Waals surface area contributed by atoms with Crippen molar-refractivity contribution in [1.82, 2.24) is 9.88 Å². The first-order valence-corrected chi connectivity index (χ1v) is 9.61. The Kier molecular flexibility index (Phi) is 5.04. The molecule has 0 spiro atoms. The molecule has 132 valence electrons. The van der Waals surface area contributed by atoms with Gasteiger partial charge in [-0.2, -0.15) is 5.26 Å². The van der Waals surface area contributed by atoms with Crippen LogP contribution in [-0.2, 0) is 13.0 Å². The number of nitrogens with zero attached hydrogens (tertiary/aromatic N) is 2. The van der Waals surface area contributed by atoms with Crippen LogP contribution in [0.4, 0.5) is 0 Å². The maximum Gasteiger partial charge on any atom is 0.0991 e. The van der Waals surface area contributed by atoms with Gasteiger partial charge in [0.05, 0.1) is 11.6 Å². The molecule has 2 heterocycles. The van der Waals surface area contributed by atoms with E-state index in [9.17, 15) is 0 Å². The fourth-order valence-electron chi connectivity index (χ4n) is 4.19. The summed E-state index contributed by atoms with van der Waals surface area (Å²) < 4.78 is 0. The van der Waals surface area contributed by atoms with Crippen LogP contribution in [0.3, 0.4) is 0 Å². The number of nitriles is 1. The van der Waals surface area contributed by atoms with Crippen molar-refractivity contribution >= 4 is 10.9 Å². The first-order chi connectivity index (χ1) is 12.8. The molecule has 3 nitrogen and oxygen atoms in total. The van der Waals surface area contributed by atoms with E-state index in [1.807, 2.05) is 18.2 Å². The van der Waals surface area contributed by atoms with Gasteiger partial charge in [-0.15, -0.1) is 0 Å². The zero-order valence-electron chi connectivity index (χ0n) is 15.1. The van der Waals surface area contributed by atoms with E-state index < -0.39 is 0 Å². The Morgan fingerprint density at radius 2 is 2.00 bits per heavy atom. The number of rotatable bonds is 5. The lowest BCUT2D eigenvalue weighted by atomic mass is 9.95. The van der Waals surface area contributed by atoms with Gasteiger partial charge < -0.3 is 4.98 Å². The van der Waals surface area contributed by atoms with E-state index in [4.69, 9.17) is 5.26 Å². The standard InChI is InChI=1S/C23H25N3/c24-15-19-9-12-23-22(14-19)20(16-25-23)10-11-21-8-4-5-13-26(21)17-18-6-2-1-3-7-18/h1-3,6-7,9,12,14,16,21,25H,4-5,8,10-11,13,17H2. The van der Waals surface area contributed by atoms with Crippen LogP contribution in [0.2, 0.25) is 0 Å². The molecule has 1 fully saturated rings. The number of hydrogen-bond acceptors (Lipinski definition) is 2. The summed E-state index contributed by atoms with van der Waals surface area (Å²) in [6.45, 7) is 2.25. The van der Waals surface area contributed by atoms with Crippen LogP contribution in [0.15, 0.2) is 54.7 Å². The summed E-state index contributed by atoms with van der Waals surface area (Å²) in [5, 5.41) is 10.4. The third kappa shape index (κ3) is 3.66. The van der Waals surface area contributed by atoms with E-state index in [1.54, 1.807) is 0 Å². The summed E-state index contributed by atoms with van der Waals surface area (Å²) in [5.74, 6) is 0. The van der Waals surface area contributed by atoms with E-state index in [2.05, 4.69) is 52.5 Å². The molecule has 1 N–H and O–H groups in total. The fourth-order valence-corrected chi connectivity index (χ4v) is 4.19. The average molecular weight is 343 g/mol. The number of piperidine rings is 1. The largest absolute Gasteiger partial charge is 0.361 e. The van der Waals surface area contributed by atoms with Crippen molar-refractivity contribution < 1.29 is 0 Å². The summed E-state index contributed by atoms with van der Waals surface area (Å²) in [6.07, 6.45) is 8.29. The number of aryl methyl sites for hydroxylation is 1. The number of aromatic nitrogens is 1. The third-order valence-corrected chi connectivity index (χ3v) is 5.62. The van der Waals surface area contributed by atoms with E-state index in [1.165, 1.54) is 48.7 Å². The summed E-state index contributed by atoms with van der Waals surface area (Å²) in [5.41, 5.74) is 4.61. The number of hydrogen-bond donors (Lipinski definition) is 1. The van der Waals surface area contributed by atoms with Crippen LogP contribution < -0.4 is 0 Å². The molecule has 0 bridgehead atoms. The summed E-state index contributed by atoms with van der Waals surface area (Å²) >= 11 is 0. The summed E-state index contributed by atoms with van der Waals surface area (Å²) in [7, 11) is 0. The van der Waals surface area contributed by atoms with Crippen LogP contribution in [0.1, 0.15) is 42.4 Å². The van der Waals surface area contributed by atoms with Gasteiger partial charge in [0.2, 0.25) is 0 Å². The smallest absolute Gasteiger partial charge is 0.0991 e. The van der Waals surface area contributed by atoms with Crippen LogP contribution >= 0.6 is 0 Å².